The molecule has 2 aromatic heterocycles. The van der Waals surface area contributed by atoms with Gasteiger partial charge in [0.1, 0.15) is 22.8 Å². The molecule has 0 unspecified atom stereocenters. The van der Waals surface area contributed by atoms with Gasteiger partial charge in [-0.2, -0.15) is 0 Å². The molecule has 1 N–H and O–H groups in total. The molecule has 0 saturated heterocycles. The van der Waals surface area contributed by atoms with Gasteiger partial charge >= 0.3 is 5.63 Å². The first kappa shape index (κ1) is 29.2. The fraction of sp³-hybridized carbons (Fsp3) is 0.160. The third kappa shape index (κ3) is 7.60. The maximum absolute atomic E-state index is 13.4. The standard InChI is InChI=1S/C25H17ClF3N3O6S/c1-12(7-19-15(26)11-21(39-19)37-14-8-16(27)23(29)17(28)9-14)24(35)22-18(33)10-13(38-25(22)36)5-3-2-4-6-20(34)31-32-30/h4,6-11,33H,2-3,5H2,1H3/b6-4+,12-7+. The topological polar surface area (TPSA) is 143 Å². The molecule has 0 bridgehead atoms. The molecule has 3 aromatic rings. The number of nitrogens with zero attached hydrogens (tertiary/aromatic N) is 3. The van der Waals surface area contributed by atoms with Crippen LogP contribution in [0.2, 0.25) is 5.02 Å². The van der Waals surface area contributed by atoms with Gasteiger partial charge in [0.15, 0.2) is 28.3 Å². The van der Waals surface area contributed by atoms with Crippen LogP contribution in [-0.4, -0.2) is 16.8 Å². The Balaban J connectivity index is 1.72. The van der Waals surface area contributed by atoms with Gasteiger partial charge in [0, 0.05) is 40.5 Å². The summed E-state index contributed by atoms with van der Waals surface area (Å²) in [7, 11) is 0. The Bertz CT molecular complexity index is 1590. The minimum absolute atomic E-state index is 0.00866. The van der Waals surface area contributed by atoms with Crippen LogP contribution >= 0.6 is 22.9 Å². The van der Waals surface area contributed by atoms with Crippen molar-refractivity contribution in [3.63, 3.8) is 0 Å². The van der Waals surface area contributed by atoms with E-state index in [9.17, 15) is 32.7 Å². The zero-order valence-corrected chi connectivity index (χ0v) is 21.5. The normalized spacial score (nSPS) is 11.5. The van der Waals surface area contributed by atoms with E-state index < -0.39 is 46.1 Å². The van der Waals surface area contributed by atoms with Crippen LogP contribution in [-0.2, 0) is 11.2 Å². The molecule has 0 aliphatic heterocycles. The van der Waals surface area contributed by atoms with E-state index in [2.05, 4.69) is 10.0 Å². The Labute approximate surface area is 227 Å². The molecule has 1 aromatic carbocycles. The Morgan fingerprint density at radius 1 is 1.23 bits per heavy atom. The van der Waals surface area contributed by atoms with Gasteiger partial charge in [-0.25, -0.2) is 18.0 Å². The maximum Gasteiger partial charge on any atom is 0.351 e. The lowest BCUT2D eigenvalue weighted by atomic mass is 10.0. The van der Waals surface area contributed by atoms with Crippen molar-refractivity contribution in [2.45, 2.75) is 26.2 Å². The molecule has 1 amide bonds. The van der Waals surface area contributed by atoms with Crippen molar-refractivity contribution in [3.8, 4) is 16.6 Å². The van der Waals surface area contributed by atoms with Crippen LogP contribution in [0.3, 0.4) is 0 Å². The number of thiophene rings is 1. The summed E-state index contributed by atoms with van der Waals surface area (Å²) in [4.78, 5) is 39.1. The molecule has 39 heavy (non-hydrogen) atoms. The van der Waals surface area contributed by atoms with Crippen LogP contribution in [0.15, 0.2) is 56.3 Å². The number of halogens is 4. The quantitative estimate of drug-likeness (QED) is 0.0509. The van der Waals surface area contributed by atoms with E-state index in [4.69, 9.17) is 26.3 Å². The van der Waals surface area contributed by atoms with Gasteiger partial charge in [-0.3, -0.25) is 9.59 Å². The average Bonchev–Trinajstić information content (AvgIpc) is 3.19. The molecule has 202 valence electrons. The predicted molar refractivity (Wildman–Crippen MR) is 137 cm³/mol. The first-order valence-corrected chi connectivity index (χ1v) is 12.2. The number of carbonyl (C=O) groups is 2. The van der Waals surface area contributed by atoms with Crippen molar-refractivity contribution >= 4 is 40.7 Å². The van der Waals surface area contributed by atoms with Crippen molar-refractivity contribution in [3.05, 3.63) is 102 Å². The Morgan fingerprint density at radius 2 is 1.92 bits per heavy atom. The number of carbonyl (C=O) groups excluding carboxylic acids is 2. The summed E-state index contributed by atoms with van der Waals surface area (Å²) in [5, 5.41) is 13.4. The Morgan fingerprint density at radius 3 is 2.56 bits per heavy atom. The fourth-order valence-corrected chi connectivity index (χ4v) is 4.45. The monoisotopic (exact) mass is 579 g/mol. The molecule has 14 heteroatoms. The number of hydrogen-bond acceptors (Lipinski definition) is 7. The number of ketones is 1. The summed E-state index contributed by atoms with van der Waals surface area (Å²) in [5.41, 5.74) is 6.53. The molecular formula is C25H17ClF3N3O6S. The van der Waals surface area contributed by atoms with E-state index in [1.807, 2.05) is 0 Å². The highest BCUT2D eigenvalue weighted by atomic mass is 35.5. The number of hydrogen-bond donors (Lipinski definition) is 1. The summed E-state index contributed by atoms with van der Waals surface area (Å²) < 4.78 is 50.5. The molecule has 0 spiro atoms. The average molecular weight is 580 g/mol. The van der Waals surface area contributed by atoms with Crippen LogP contribution < -0.4 is 10.4 Å². The largest absolute Gasteiger partial charge is 0.507 e. The lowest BCUT2D eigenvalue weighted by Gasteiger charge is -2.05. The number of aryl methyl sites for hydroxylation is 1. The van der Waals surface area contributed by atoms with Crippen LogP contribution in [0.1, 0.15) is 40.8 Å². The summed E-state index contributed by atoms with van der Waals surface area (Å²) in [6.07, 6.45) is 4.92. The van der Waals surface area contributed by atoms with E-state index in [1.54, 1.807) is 0 Å². The highest BCUT2D eigenvalue weighted by molar-refractivity contribution is 7.15. The van der Waals surface area contributed by atoms with Crippen LogP contribution in [0.4, 0.5) is 13.2 Å². The maximum atomic E-state index is 13.4. The number of unbranched alkanes of at least 4 members (excludes halogenated alkanes) is 1. The number of azide groups is 1. The zero-order valence-electron chi connectivity index (χ0n) is 19.9. The van der Waals surface area contributed by atoms with Crippen molar-refractivity contribution in [1.82, 2.24) is 0 Å². The highest BCUT2D eigenvalue weighted by Gasteiger charge is 2.21. The molecule has 0 aliphatic carbocycles. The molecule has 0 radical (unpaired) electrons. The lowest BCUT2D eigenvalue weighted by Crippen LogP contribution is -2.16. The van der Waals surface area contributed by atoms with Gasteiger partial charge in [0.25, 0.3) is 0 Å². The minimum atomic E-state index is -1.64. The molecule has 2 heterocycles. The zero-order chi connectivity index (χ0) is 28.7. The predicted octanol–water partition coefficient (Wildman–Crippen LogP) is 7.27. The number of allylic oxidation sites excluding steroid dienone is 2. The first-order chi connectivity index (χ1) is 18.5. The fourth-order valence-electron chi connectivity index (χ4n) is 3.19. The summed E-state index contributed by atoms with van der Waals surface area (Å²) >= 11 is 7.08. The SMILES string of the molecule is C/C(=C\c1sc(Oc2cc(F)c(F)c(F)c2)cc1Cl)C(=O)c1c(O)cc(CCC/C=C/C(=O)N=[N+]=[N-])oc1=O. The smallest absolute Gasteiger partial charge is 0.351 e. The van der Waals surface area contributed by atoms with Crippen LogP contribution in [0.25, 0.3) is 16.5 Å². The van der Waals surface area contributed by atoms with E-state index >= 15 is 0 Å². The van der Waals surface area contributed by atoms with Gasteiger partial charge in [-0.05, 0) is 48.1 Å². The summed E-state index contributed by atoms with van der Waals surface area (Å²) in [6, 6.07) is 3.77. The lowest BCUT2D eigenvalue weighted by molar-refractivity contribution is -0.113. The highest BCUT2D eigenvalue weighted by Crippen LogP contribution is 2.38. The number of Topliss-reactive ketones (excluding diaryl/α,β-unsaturated/α-hetero) is 1. The van der Waals surface area contributed by atoms with Gasteiger partial charge in [-0.1, -0.05) is 29.0 Å². The molecule has 0 aliphatic rings. The van der Waals surface area contributed by atoms with Crippen molar-refractivity contribution in [1.29, 1.82) is 0 Å². The van der Waals surface area contributed by atoms with Crippen LogP contribution in [0.5, 0.6) is 16.6 Å². The summed E-state index contributed by atoms with van der Waals surface area (Å²) in [5.74, 6) is -6.88. The Kier molecular flexibility index (Phi) is 9.72. The third-order valence-electron chi connectivity index (χ3n) is 4.98. The van der Waals surface area contributed by atoms with Gasteiger partial charge < -0.3 is 14.3 Å². The molecule has 0 fully saturated rings. The molecule has 3 rings (SSSR count). The van der Waals surface area contributed by atoms with Gasteiger partial charge in [0.2, 0.25) is 5.91 Å². The first-order valence-electron chi connectivity index (χ1n) is 11.0. The minimum Gasteiger partial charge on any atom is -0.507 e. The van der Waals surface area contributed by atoms with E-state index in [-0.39, 0.29) is 33.6 Å². The second-order valence-corrected chi connectivity index (χ2v) is 9.27. The van der Waals surface area contributed by atoms with E-state index in [0.717, 1.165) is 23.5 Å². The van der Waals surface area contributed by atoms with E-state index in [0.29, 0.717) is 29.9 Å². The molecule has 0 atom stereocenters. The summed E-state index contributed by atoms with van der Waals surface area (Å²) in [6.45, 7) is 1.38. The van der Waals surface area contributed by atoms with Crippen molar-refractivity contribution < 1.29 is 37.0 Å². The third-order valence-corrected chi connectivity index (χ3v) is 6.36. The number of rotatable bonds is 10. The second-order valence-electron chi connectivity index (χ2n) is 7.82. The second kappa shape index (κ2) is 13.0. The van der Waals surface area contributed by atoms with E-state index in [1.165, 1.54) is 25.1 Å². The number of benzene rings is 1. The molecule has 0 saturated carbocycles. The van der Waals surface area contributed by atoms with Crippen molar-refractivity contribution in [2.75, 3.05) is 0 Å². The van der Waals surface area contributed by atoms with Crippen molar-refractivity contribution in [2.24, 2.45) is 5.11 Å². The molecular weight excluding hydrogens is 563 g/mol. The Hall–Kier alpha value is -4.32. The van der Waals surface area contributed by atoms with Gasteiger partial charge in [-0.15, -0.1) is 0 Å². The van der Waals surface area contributed by atoms with Gasteiger partial charge in [0.05, 0.1) is 5.02 Å². The van der Waals surface area contributed by atoms with Crippen LogP contribution in [0, 0.1) is 17.5 Å². The number of aromatic hydroxyl groups is 1. The molecule has 9 nitrogen and oxygen atoms in total. The number of amides is 1. The number of ether oxygens (including phenoxy) is 1.